The first kappa shape index (κ1) is 11.6. The summed E-state index contributed by atoms with van der Waals surface area (Å²) in [5.41, 5.74) is 1.05. The Morgan fingerprint density at radius 2 is 2.12 bits per heavy atom. The molecule has 1 aromatic rings. The third-order valence-corrected chi connectivity index (χ3v) is 4.30. The van der Waals surface area contributed by atoms with Crippen molar-refractivity contribution >= 4 is 10.0 Å². The van der Waals surface area contributed by atoms with Crippen LogP contribution in [0.25, 0.3) is 0 Å². The van der Waals surface area contributed by atoms with Crippen molar-refractivity contribution in [3.63, 3.8) is 0 Å². The largest absolute Gasteiger partial charge is 0.240 e. The van der Waals surface area contributed by atoms with Crippen LogP contribution < -0.4 is 4.72 Å². The highest BCUT2D eigenvalue weighted by atomic mass is 32.2. The van der Waals surface area contributed by atoms with Crippen molar-refractivity contribution < 1.29 is 8.42 Å². The minimum absolute atomic E-state index is 0.382. The molecule has 0 aliphatic heterocycles. The van der Waals surface area contributed by atoms with Gasteiger partial charge in [-0.15, -0.1) is 0 Å². The van der Waals surface area contributed by atoms with Crippen LogP contribution in [-0.2, 0) is 16.4 Å². The normalized spacial score (nSPS) is 16.3. The molecule has 0 aromatic heterocycles. The number of hydrogen-bond donors (Lipinski definition) is 1. The lowest BCUT2D eigenvalue weighted by molar-refractivity contribution is 0.577. The van der Waals surface area contributed by atoms with Crippen molar-refractivity contribution in [2.45, 2.75) is 31.1 Å². The van der Waals surface area contributed by atoms with Crippen molar-refractivity contribution in [3.05, 3.63) is 29.8 Å². The molecule has 88 valence electrons. The van der Waals surface area contributed by atoms with Crippen LogP contribution in [0.2, 0.25) is 0 Å². The number of aryl methyl sites for hydroxylation is 1. The average molecular weight is 239 g/mol. The van der Waals surface area contributed by atoms with E-state index in [2.05, 4.69) is 4.72 Å². The zero-order chi connectivity index (χ0) is 11.6. The average Bonchev–Trinajstić information content (AvgIpc) is 3.10. The van der Waals surface area contributed by atoms with Gasteiger partial charge in [0, 0.05) is 6.54 Å². The molecule has 0 saturated heterocycles. The van der Waals surface area contributed by atoms with E-state index in [0.29, 0.717) is 17.4 Å². The second-order valence-corrected chi connectivity index (χ2v) is 6.06. The van der Waals surface area contributed by atoms with Gasteiger partial charge < -0.3 is 0 Å². The Balaban J connectivity index is 2.13. The van der Waals surface area contributed by atoms with Gasteiger partial charge in [-0.25, -0.2) is 13.1 Å². The summed E-state index contributed by atoms with van der Waals surface area (Å²) in [6.07, 6.45) is 3.15. The second-order valence-electron chi connectivity index (χ2n) is 4.30. The lowest BCUT2D eigenvalue weighted by Gasteiger charge is -2.07. The summed E-state index contributed by atoms with van der Waals surface area (Å²) in [6, 6.07) is 7.13. The molecule has 0 amide bonds. The van der Waals surface area contributed by atoms with E-state index in [9.17, 15) is 8.42 Å². The quantitative estimate of drug-likeness (QED) is 0.853. The third kappa shape index (κ3) is 2.83. The summed E-state index contributed by atoms with van der Waals surface area (Å²) in [5.74, 6) is 0.559. The van der Waals surface area contributed by atoms with Crippen molar-refractivity contribution in [2.24, 2.45) is 5.92 Å². The summed E-state index contributed by atoms with van der Waals surface area (Å²) >= 11 is 0. The molecule has 3 nitrogen and oxygen atoms in total. The first-order valence-corrected chi connectivity index (χ1v) is 7.19. The molecule has 1 aromatic carbocycles. The standard InChI is InChI=1S/C12H17NO2S/c1-2-10-4-3-5-12(8-10)16(14,15)13-9-11-6-7-11/h3-5,8,11,13H,2,6-7,9H2,1H3. The van der Waals surface area contributed by atoms with Crippen molar-refractivity contribution in [1.82, 2.24) is 4.72 Å². The molecule has 0 heterocycles. The van der Waals surface area contributed by atoms with Crippen molar-refractivity contribution in [1.29, 1.82) is 0 Å². The zero-order valence-electron chi connectivity index (χ0n) is 9.44. The minimum Gasteiger partial charge on any atom is -0.211 e. The van der Waals surface area contributed by atoms with E-state index < -0.39 is 10.0 Å². The molecule has 0 bridgehead atoms. The molecule has 0 radical (unpaired) electrons. The predicted molar refractivity (Wildman–Crippen MR) is 63.7 cm³/mol. The number of benzene rings is 1. The van der Waals surface area contributed by atoms with Gasteiger partial charge >= 0.3 is 0 Å². The highest BCUT2D eigenvalue weighted by molar-refractivity contribution is 7.89. The molecule has 2 rings (SSSR count). The molecule has 1 saturated carbocycles. The summed E-state index contributed by atoms with van der Waals surface area (Å²) < 4.78 is 26.5. The van der Waals surface area contributed by atoms with Gasteiger partial charge in [-0.2, -0.15) is 0 Å². The molecule has 1 aliphatic rings. The van der Waals surface area contributed by atoms with E-state index in [0.717, 1.165) is 24.8 Å². The van der Waals surface area contributed by atoms with Crippen LogP contribution in [-0.4, -0.2) is 15.0 Å². The van der Waals surface area contributed by atoms with E-state index in [1.807, 2.05) is 13.0 Å². The van der Waals surface area contributed by atoms with Gasteiger partial charge in [0.15, 0.2) is 0 Å². The maximum Gasteiger partial charge on any atom is 0.240 e. The highest BCUT2D eigenvalue weighted by Crippen LogP contribution is 2.28. The zero-order valence-corrected chi connectivity index (χ0v) is 10.3. The predicted octanol–water partition coefficient (Wildman–Crippen LogP) is 1.94. The van der Waals surface area contributed by atoms with E-state index in [1.165, 1.54) is 0 Å². The molecule has 1 fully saturated rings. The molecule has 1 N–H and O–H groups in total. The van der Waals surface area contributed by atoms with Crippen LogP contribution in [0, 0.1) is 5.92 Å². The Kier molecular flexibility index (Phi) is 3.30. The van der Waals surface area contributed by atoms with Gasteiger partial charge in [0.25, 0.3) is 0 Å². The van der Waals surface area contributed by atoms with Crippen LogP contribution in [0.4, 0.5) is 0 Å². The van der Waals surface area contributed by atoms with Gasteiger partial charge in [0.1, 0.15) is 0 Å². The summed E-state index contributed by atoms with van der Waals surface area (Å²) in [7, 11) is -3.30. The fourth-order valence-electron chi connectivity index (χ4n) is 1.57. The van der Waals surface area contributed by atoms with Gasteiger partial charge in [-0.05, 0) is 42.9 Å². The summed E-state index contributed by atoms with van der Waals surface area (Å²) in [4.78, 5) is 0.382. The van der Waals surface area contributed by atoms with Crippen LogP contribution in [0.15, 0.2) is 29.2 Å². The Labute approximate surface area is 96.9 Å². The number of rotatable bonds is 5. The smallest absolute Gasteiger partial charge is 0.211 e. The maximum absolute atomic E-state index is 11.9. The van der Waals surface area contributed by atoms with Gasteiger partial charge in [0.2, 0.25) is 10.0 Å². The summed E-state index contributed by atoms with van der Waals surface area (Å²) in [6.45, 7) is 2.60. The van der Waals surface area contributed by atoms with Gasteiger partial charge in [0.05, 0.1) is 4.90 Å². The van der Waals surface area contributed by atoms with Crippen LogP contribution in [0.5, 0.6) is 0 Å². The van der Waals surface area contributed by atoms with Crippen LogP contribution >= 0.6 is 0 Å². The van der Waals surface area contributed by atoms with Crippen LogP contribution in [0.3, 0.4) is 0 Å². The SMILES string of the molecule is CCc1cccc(S(=O)(=O)NCC2CC2)c1. The molecule has 0 spiro atoms. The number of sulfonamides is 1. The molecule has 0 atom stereocenters. The second kappa shape index (κ2) is 4.55. The van der Waals surface area contributed by atoms with Gasteiger partial charge in [-0.1, -0.05) is 19.1 Å². The number of hydrogen-bond acceptors (Lipinski definition) is 2. The topological polar surface area (TPSA) is 46.2 Å². The Hall–Kier alpha value is -0.870. The summed E-state index contributed by atoms with van der Waals surface area (Å²) in [5, 5.41) is 0. The lowest BCUT2D eigenvalue weighted by atomic mass is 10.2. The van der Waals surface area contributed by atoms with E-state index in [1.54, 1.807) is 18.2 Å². The monoisotopic (exact) mass is 239 g/mol. The molecular formula is C12H17NO2S. The van der Waals surface area contributed by atoms with E-state index >= 15 is 0 Å². The van der Waals surface area contributed by atoms with E-state index in [4.69, 9.17) is 0 Å². The Morgan fingerprint density at radius 1 is 1.38 bits per heavy atom. The third-order valence-electron chi connectivity index (χ3n) is 2.88. The highest BCUT2D eigenvalue weighted by Gasteiger charge is 2.24. The number of nitrogens with one attached hydrogen (secondary N) is 1. The Morgan fingerprint density at radius 3 is 2.75 bits per heavy atom. The molecule has 1 aliphatic carbocycles. The first-order chi connectivity index (χ1) is 7.62. The van der Waals surface area contributed by atoms with Crippen molar-refractivity contribution in [2.75, 3.05) is 6.54 Å². The molecule has 4 heteroatoms. The molecule has 0 unspecified atom stereocenters. The first-order valence-electron chi connectivity index (χ1n) is 5.70. The van der Waals surface area contributed by atoms with Gasteiger partial charge in [-0.3, -0.25) is 0 Å². The molecular weight excluding hydrogens is 222 g/mol. The van der Waals surface area contributed by atoms with Crippen molar-refractivity contribution in [3.8, 4) is 0 Å². The Bertz CT molecular complexity index is 464. The fraction of sp³-hybridized carbons (Fsp3) is 0.500. The molecule has 16 heavy (non-hydrogen) atoms. The van der Waals surface area contributed by atoms with E-state index in [-0.39, 0.29) is 0 Å². The lowest BCUT2D eigenvalue weighted by Crippen LogP contribution is -2.25. The maximum atomic E-state index is 11.9. The fourth-order valence-corrected chi connectivity index (χ4v) is 2.75. The minimum atomic E-state index is -3.30. The van der Waals surface area contributed by atoms with Crippen LogP contribution in [0.1, 0.15) is 25.3 Å².